The lowest BCUT2D eigenvalue weighted by atomic mass is 10.1. The molecule has 0 spiro atoms. The van der Waals surface area contributed by atoms with E-state index in [0.717, 1.165) is 39.5 Å². The van der Waals surface area contributed by atoms with Gasteiger partial charge in [-0.2, -0.15) is 10.2 Å². The first-order chi connectivity index (χ1) is 12.6. The number of rotatable bonds is 3. The molecule has 1 fully saturated rings. The van der Waals surface area contributed by atoms with Crippen LogP contribution in [0.25, 0.3) is 21.5 Å². The molecule has 1 aliphatic rings. The zero-order valence-electron chi connectivity index (χ0n) is 14.3. The van der Waals surface area contributed by atoms with Crippen LogP contribution in [0, 0.1) is 31.2 Å². The van der Waals surface area contributed by atoms with Crippen molar-refractivity contribution in [2.75, 3.05) is 18.0 Å². The average Bonchev–Trinajstić information content (AvgIpc) is 3.35. The fraction of sp³-hybridized carbons (Fsp3) is 0.353. The number of aryl methyl sites for hydroxylation is 2. The van der Waals surface area contributed by atoms with Gasteiger partial charge in [0.25, 0.3) is 0 Å². The fourth-order valence-electron chi connectivity index (χ4n) is 3.13. The normalized spacial score (nSPS) is 16.7. The molecule has 1 saturated heterocycles. The summed E-state index contributed by atoms with van der Waals surface area (Å²) in [6.07, 6.45) is 4.36. The lowest BCUT2D eigenvalue weighted by molar-refractivity contribution is -0.121. The number of hydrogen-bond acceptors (Lipinski definition) is 8. The monoisotopic (exact) mass is 368 g/mol. The zero-order chi connectivity index (χ0) is 18.3. The van der Waals surface area contributed by atoms with Crippen LogP contribution in [0.4, 0.5) is 5.13 Å². The molecule has 0 bridgehead atoms. The minimum absolute atomic E-state index is 0.183. The molecule has 1 amide bonds. The lowest BCUT2D eigenvalue weighted by Crippen LogP contribution is -2.33. The summed E-state index contributed by atoms with van der Waals surface area (Å²) in [6.45, 7) is 5.09. The smallest absolute Gasteiger partial charge is 0.246 e. The molecule has 3 aromatic heterocycles. The summed E-state index contributed by atoms with van der Waals surface area (Å²) in [5.74, 6) is 0.301. The Morgan fingerprint density at radius 2 is 2.35 bits per heavy atom. The van der Waals surface area contributed by atoms with Crippen molar-refractivity contribution in [3.63, 3.8) is 0 Å². The first-order valence-electron chi connectivity index (χ1n) is 8.22. The molecule has 4 rings (SSSR count). The molecule has 0 saturated carbocycles. The van der Waals surface area contributed by atoms with Crippen LogP contribution >= 0.6 is 11.3 Å². The van der Waals surface area contributed by atoms with Crippen LogP contribution in [0.1, 0.15) is 17.9 Å². The summed E-state index contributed by atoms with van der Waals surface area (Å²) in [5.41, 5.74) is 3.01. The van der Waals surface area contributed by atoms with Gasteiger partial charge in [-0.3, -0.25) is 9.78 Å². The van der Waals surface area contributed by atoms with Gasteiger partial charge < -0.3 is 9.84 Å². The van der Waals surface area contributed by atoms with Crippen LogP contribution in [0.15, 0.2) is 16.8 Å². The van der Waals surface area contributed by atoms with E-state index in [0.29, 0.717) is 23.0 Å². The predicted octanol–water partition coefficient (Wildman–Crippen LogP) is 2.39. The maximum Gasteiger partial charge on any atom is 0.246 e. The van der Waals surface area contributed by atoms with Gasteiger partial charge in [0.15, 0.2) is 6.19 Å². The zero-order valence-corrected chi connectivity index (χ0v) is 15.1. The van der Waals surface area contributed by atoms with E-state index in [1.807, 2.05) is 26.1 Å². The number of pyridine rings is 1. The Hall–Kier alpha value is -2.83. The Morgan fingerprint density at radius 3 is 3.00 bits per heavy atom. The number of nitrogens with zero attached hydrogens (tertiary/aromatic N) is 5. The highest BCUT2D eigenvalue weighted by Crippen LogP contribution is 2.33. The largest absolute Gasteiger partial charge is 0.361 e. The summed E-state index contributed by atoms with van der Waals surface area (Å²) in [5, 5.41) is 17.0. The number of amides is 1. The third-order valence-electron chi connectivity index (χ3n) is 4.47. The Bertz CT molecular complexity index is 1010. The van der Waals surface area contributed by atoms with Crippen molar-refractivity contribution >= 4 is 32.6 Å². The molecular formula is C17H16N6O2S. The Kier molecular flexibility index (Phi) is 4.14. The molecule has 132 valence electrons. The van der Waals surface area contributed by atoms with Gasteiger partial charge >= 0.3 is 0 Å². The molecule has 0 aliphatic carbocycles. The van der Waals surface area contributed by atoms with Gasteiger partial charge in [0.05, 0.1) is 33.8 Å². The number of anilines is 1. The molecule has 0 aromatic carbocycles. The van der Waals surface area contributed by atoms with Crippen LogP contribution in [-0.2, 0) is 4.79 Å². The molecule has 1 atom stereocenters. The van der Waals surface area contributed by atoms with E-state index in [1.54, 1.807) is 6.20 Å². The van der Waals surface area contributed by atoms with Gasteiger partial charge in [-0.1, -0.05) is 16.5 Å². The highest BCUT2D eigenvalue weighted by atomic mass is 32.1. The maximum atomic E-state index is 12.6. The van der Waals surface area contributed by atoms with Gasteiger partial charge in [-0.15, -0.1) is 0 Å². The number of nitriles is 1. The SMILES string of the molecule is Cc1noc(C)c1-c1cc2sc(N(C#N)C(=O)[C@H]3CCNC3)nc2cn1. The minimum Gasteiger partial charge on any atom is -0.361 e. The average molecular weight is 368 g/mol. The van der Waals surface area contributed by atoms with E-state index in [9.17, 15) is 10.1 Å². The van der Waals surface area contributed by atoms with Gasteiger partial charge in [-0.25, -0.2) is 4.98 Å². The van der Waals surface area contributed by atoms with Crippen molar-refractivity contribution < 1.29 is 9.32 Å². The van der Waals surface area contributed by atoms with Crippen LogP contribution in [0.2, 0.25) is 0 Å². The van der Waals surface area contributed by atoms with Gasteiger partial charge in [0, 0.05) is 6.54 Å². The number of fused-ring (bicyclic) bond motifs is 1. The topological polar surface area (TPSA) is 108 Å². The second-order valence-corrected chi connectivity index (χ2v) is 7.21. The lowest BCUT2D eigenvalue weighted by Gasteiger charge is -2.14. The number of aromatic nitrogens is 3. The molecule has 1 N–H and O–H groups in total. The van der Waals surface area contributed by atoms with E-state index in [4.69, 9.17) is 4.52 Å². The summed E-state index contributed by atoms with van der Waals surface area (Å²) >= 11 is 1.30. The third kappa shape index (κ3) is 2.73. The van der Waals surface area contributed by atoms with E-state index in [-0.39, 0.29) is 11.8 Å². The minimum atomic E-state index is -0.213. The summed E-state index contributed by atoms with van der Waals surface area (Å²) < 4.78 is 6.06. The van der Waals surface area contributed by atoms with Crippen LogP contribution in [0.5, 0.6) is 0 Å². The van der Waals surface area contributed by atoms with Crippen LogP contribution < -0.4 is 10.2 Å². The first kappa shape index (κ1) is 16.6. The number of carbonyl (C=O) groups excluding carboxylic acids is 1. The maximum absolute atomic E-state index is 12.6. The number of hydrogen-bond donors (Lipinski definition) is 1. The van der Waals surface area contributed by atoms with Gasteiger partial charge in [0.2, 0.25) is 11.0 Å². The van der Waals surface area contributed by atoms with E-state index in [2.05, 4.69) is 20.4 Å². The summed E-state index contributed by atoms with van der Waals surface area (Å²) in [6, 6.07) is 1.89. The molecule has 3 aromatic rings. The first-order valence-corrected chi connectivity index (χ1v) is 9.04. The Morgan fingerprint density at radius 1 is 1.50 bits per heavy atom. The van der Waals surface area contributed by atoms with E-state index in [1.165, 1.54) is 11.3 Å². The summed E-state index contributed by atoms with van der Waals surface area (Å²) in [4.78, 5) is 22.5. The highest BCUT2D eigenvalue weighted by Gasteiger charge is 2.30. The van der Waals surface area contributed by atoms with Crippen molar-refractivity contribution in [2.24, 2.45) is 5.92 Å². The number of carbonyl (C=O) groups is 1. The summed E-state index contributed by atoms with van der Waals surface area (Å²) in [7, 11) is 0. The molecule has 4 heterocycles. The highest BCUT2D eigenvalue weighted by molar-refractivity contribution is 7.22. The van der Waals surface area contributed by atoms with Crippen molar-refractivity contribution in [2.45, 2.75) is 20.3 Å². The van der Waals surface area contributed by atoms with Crippen molar-refractivity contribution in [1.29, 1.82) is 5.26 Å². The quantitative estimate of drug-likeness (QED) is 0.558. The van der Waals surface area contributed by atoms with Crippen molar-refractivity contribution in [3.05, 3.63) is 23.7 Å². The second kappa shape index (κ2) is 6.48. The van der Waals surface area contributed by atoms with Gasteiger partial charge in [0.1, 0.15) is 11.3 Å². The molecule has 9 heteroatoms. The molecule has 0 unspecified atom stereocenters. The molecule has 1 aliphatic heterocycles. The Balaban J connectivity index is 1.71. The van der Waals surface area contributed by atoms with Crippen LogP contribution in [-0.4, -0.2) is 34.1 Å². The molecule has 26 heavy (non-hydrogen) atoms. The van der Waals surface area contributed by atoms with Crippen molar-refractivity contribution in [1.82, 2.24) is 20.4 Å². The standard InChI is InChI=1S/C17H16N6O2S/c1-9-15(10(2)25-22-9)12-5-14-13(7-20-12)21-17(26-14)23(8-18)16(24)11-3-4-19-6-11/h5,7,11,19H,3-4,6H2,1-2H3/t11-/m0/s1. The second-order valence-electron chi connectivity index (χ2n) is 6.20. The Labute approximate surface area is 153 Å². The molecular weight excluding hydrogens is 352 g/mol. The number of thiazole rings is 1. The number of nitrogens with one attached hydrogen (secondary N) is 1. The van der Waals surface area contributed by atoms with Crippen LogP contribution in [0.3, 0.4) is 0 Å². The van der Waals surface area contributed by atoms with E-state index < -0.39 is 0 Å². The van der Waals surface area contributed by atoms with E-state index >= 15 is 0 Å². The third-order valence-corrected chi connectivity index (χ3v) is 5.48. The predicted molar refractivity (Wildman–Crippen MR) is 96.5 cm³/mol. The fourth-order valence-corrected chi connectivity index (χ4v) is 4.07. The molecule has 8 nitrogen and oxygen atoms in total. The van der Waals surface area contributed by atoms with Crippen molar-refractivity contribution in [3.8, 4) is 17.5 Å². The molecule has 0 radical (unpaired) electrons. The van der Waals surface area contributed by atoms with Gasteiger partial charge in [-0.05, 0) is 32.9 Å².